The lowest BCUT2D eigenvalue weighted by Crippen LogP contribution is -2.39. The van der Waals surface area contributed by atoms with Crippen LogP contribution in [0.5, 0.6) is 0 Å². The maximum Gasteiger partial charge on any atom is 0.329 e. The molecule has 11 heteroatoms. The second kappa shape index (κ2) is 18.1. The monoisotopic (exact) mass is 810 g/mol. The van der Waals surface area contributed by atoms with Crippen LogP contribution in [-0.4, -0.2) is 68.2 Å². The average molecular weight is 811 g/mol. The van der Waals surface area contributed by atoms with Crippen LogP contribution in [0.1, 0.15) is 72.2 Å². The molecule has 0 saturated heterocycles. The van der Waals surface area contributed by atoms with Crippen LogP contribution in [0.3, 0.4) is 0 Å². The maximum absolute atomic E-state index is 14.7. The topological polar surface area (TPSA) is 120 Å². The summed E-state index contributed by atoms with van der Waals surface area (Å²) in [6.45, 7) is 2.12. The summed E-state index contributed by atoms with van der Waals surface area (Å²) >= 11 is 0. The molecule has 1 saturated carbocycles. The van der Waals surface area contributed by atoms with E-state index in [0.29, 0.717) is 29.9 Å². The molecule has 1 fully saturated rings. The number of benzene rings is 5. The van der Waals surface area contributed by atoms with Crippen LogP contribution in [0.25, 0.3) is 22.5 Å². The molecule has 8 rings (SSSR count). The van der Waals surface area contributed by atoms with Gasteiger partial charge < -0.3 is 9.64 Å². The van der Waals surface area contributed by atoms with Crippen LogP contribution in [0.2, 0.25) is 0 Å². The quantitative estimate of drug-likeness (QED) is 0.0412. The molecule has 0 radical (unpaired) electrons. The van der Waals surface area contributed by atoms with Crippen molar-refractivity contribution in [2.24, 2.45) is 10.9 Å². The van der Waals surface area contributed by atoms with E-state index in [1.165, 1.54) is 11.7 Å². The molecule has 11 nitrogen and oxygen atoms in total. The van der Waals surface area contributed by atoms with E-state index in [-0.39, 0.29) is 17.4 Å². The Morgan fingerprint density at radius 2 is 1.41 bits per heavy atom. The third-order valence-electron chi connectivity index (χ3n) is 11.4. The number of unbranched alkanes of at least 4 members (excludes halogenated alkanes) is 1. The van der Waals surface area contributed by atoms with Crippen LogP contribution in [0, 0.1) is 5.92 Å². The normalized spacial score (nSPS) is 13.3. The van der Waals surface area contributed by atoms with Gasteiger partial charge in [0.2, 0.25) is 5.95 Å². The lowest BCUT2D eigenvalue weighted by atomic mass is 9.77. The minimum atomic E-state index is -0.907. The molecule has 308 valence electrons. The van der Waals surface area contributed by atoms with Gasteiger partial charge in [-0.05, 0) is 75.4 Å². The highest BCUT2D eigenvalue weighted by atomic mass is 16.5. The highest BCUT2D eigenvalue weighted by molar-refractivity contribution is 5.81. The number of hydrogen-bond donors (Lipinski definition) is 0. The molecule has 0 aliphatic heterocycles. The number of aliphatic imine (C=N–C) groups is 1. The van der Waals surface area contributed by atoms with E-state index in [4.69, 9.17) is 20.0 Å². The average Bonchev–Trinajstić information content (AvgIpc) is 4.03. The summed E-state index contributed by atoms with van der Waals surface area (Å²) in [6, 6.07) is 46.7. The van der Waals surface area contributed by atoms with E-state index < -0.39 is 17.6 Å². The Kier molecular flexibility index (Phi) is 12.1. The fraction of sp³-hybridized carbons (Fsp3) is 0.260. The van der Waals surface area contributed by atoms with Crippen LogP contribution in [-0.2, 0) is 27.9 Å². The van der Waals surface area contributed by atoms with Gasteiger partial charge in [-0.2, -0.15) is 0 Å². The van der Waals surface area contributed by atoms with Crippen molar-refractivity contribution in [3.63, 3.8) is 0 Å². The number of hydrogen-bond acceptors (Lipinski definition) is 8. The van der Waals surface area contributed by atoms with E-state index in [2.05, 4.69) is 89.9 Å². The minimum Gasteiger partial charge on any atom is -0.467 e. The number of aromatic nitrogens is 6. The number of rotatable bonds is 16. The van der Waals surface area contributed by atoms with Crippen LogP contribution in [0.4, 0.5) is 5.95 Å². The van der Waals surface area contributed by atoms with E-state index in [1.54, 1.807) is 11.2 Å². The first kappa shape index (κ1) is 40.8. The van der Waals surface area contributed by atoms with Crippen molar-refractivity contribution in [1.29, 1.82) is 0 Å². The molecule has 61 heavy (non-hydrogen) atoms. The largest absolute Gasteiger partial charge is 0.467 e. The number of ether oxygens (including phenoxy) is 1. The molecule has 0 N–H and O–H groups in total. The second-order valence-corrected chi connectivity index (χ2v) is 15.8. The van der Waals surface area contributed by atoms with E-state index >= 15 is 0 Å². The van der Waals surface area contributed by atoms with Crippen molar-refractivity contribution in [2.45, 2.75) is 57.0 Å². The van der Waals surface area contributed by atoms with Gasteiger partial charge in [0.05, 0.1) is 19.1 Å². The number of carbonyl (C=O) groups is 1. The molecular weight excluding hydrogens is 761 g/mol. The Labute approximate surface area is 356 Å². The number of nitrogens with zero attached hydrogens (tertiary/aromatic N) is 8. The summed E-state index contributed by atoms with van der Waals surface area (Å²) in [5, 5.41) is 13.9. The summed E-state index contributed by atoms with van der Waals surface area (Å²) in [7, 11) is 5.07. The fourth-order valence-corrected chi connectivity index (χ4v) is 8.30. The number of tetrazole rings is 1. The molecule has 1 unspecified atom stereocenters. The number of methoxy groups -OCH3 is 1. The van der Waals surface area contributed by atoms with E-state index in [9.17, 15) is 9.59 Å². The number of esters is 1. The van der Waals surface area contributed by atoms with Gasteiger partial charge in [0.15, 0.2) is 5.82 Å². The molecule has 1 aliphatic carbocycles. The Balaban J connectivity index is 1.22. The van der Waals surface area contributed by atoms with Gasteiger partial charge in [-0.1, -0.05) is 153 Å². The highest BCUT2D eigenvalue weighted by Crippen LogP contribution is 2.44. The van der Waals surface area contributed by atoms with Crippen molar-refractivity contribution in [3.05, 3.63) is 183 Å². The van der Waals surface area contributed by atoms with E-state index in [0.717, 1.165) is 64.6 Å². The first-order chi connectivity index (χ1) is 29.8. The minimum absolute atomic E-state index is 0.00631. The molecule has 0 spiro atoms. The smallest absolute Gasteiger partial charge is 0.329 e. The van der Waals surface area contributed by atoms with Crippen LogP contribution >= 0.6 is 0 Å². The van der Waals surface area contributed by atoms with Crippen LogP contribution < -0.4 is 5.56 Å². The molecule has 2 heterocycles. The maximum atomic E-state index is 14.7. The lowest BCUT2D eigenvalue weighted by Gasteiger charge is -2.36. The zero-order chi connectivity index (χ0) is 42.3. The predicted molar refractivity (Wildman–Crippen MR) is 239 cm³/mol. The third kappa shape index (κ3) is 8.15. The number of carbonyl (C=O) groups excluding carboxylic acids is 1. The fourth-order valence-electron chi connectivity index (χ4n) is 8.30. The zero-order valence-corrected chi connectivity index (χ0v) is 35.1. The summed E-state index contributed by atoms with van der Waals surface area (Å²) in [5.74, 6) is 0.368. The molecule has 2 aromatic heterocycles. The van der Waals surface area contributed by atoms with Crippen molar-refractivity contribution >= 4 is 18.3 Å². The third-order valence-corrected chi connectivity index (χ3v) is 11.4. The highest BCUT2D eigenvalue weighted by Gasteiger charge is 2.43. The van der Waals surface area contributed by atoms with Gasteiger partial charge in [0.25, 0.3) is 5.56 Å². The standard InChI is InChI=1S/C50H50N8O3/c1-5-6-26-44-43(47(59)57(49(52-44)51-34-56(2)3)45(37-31-32-37)48(60)61-4)33-35-27-29-36(30-28-35)41-24-16-17-25-42(41)46-53-54-55-58(46)50(38-18-10-7-11-19-38,39-20-12-8-13-21-39)40-22-14-9-15-23-40/h7-25,27-30,34,37,45H,5-6,26,31-33H2,1-4H3. The first-order valence-corrected chi connectivity index (χ1v) is 20.9. The zero-order valence-electron chi connectivity index (χ0n) is 35.1. The van der Waals surface area contributed by atoms with Crippen molar-refractivity contribution in [1.82, 2.24) is 34.7 Å². The molecular formula is C50H50N8O3. The van der Waals surface area contributed by atoms with Gasteiger partial charge in [-0.15, -0.1) is 5.10 Å². The summed E-state index contributed by atoms with van der Waals surface area (Å²) in [6.07, 6.45) is 6.04. The van der Waals surface area contributed by atoms with Crippen molar-refractivity contribution in [2.75, 3.05) is 21.2 Å². The Hall–Kier alpha value is -7.01. The SMILES string of the molecule is CCCCc1nc(N=CN(C)C)n(C(C(=O)OC)C2CC2)c(=O)c1Cc1ccc(-c2ccccc2-c2nnnn2C(c2ccccc2)(c2ccccc2)c2ccccc2)cc1. The predicted octanol–water partition coefficient (Wildman–Crippen LogP) is 8.68. The van der Waals surface area contributed by atoms with Gasteiger partial charge in [0.1, 0.15) is 11.6 Å². The Morgan fingerprint density at radius 1 is 0.836 bits per heavy atom. The molecule has 0 amide bonds. The van der Waals surface area contributed by atoms with Crippen molar-refractivity contribution < 1.29 is 9.53 Å². The van der Waals surface area contributed by atoms with Gasteiger partial charge >= 0.3 is 5.97 Å². The first-order valence-electron chi connectivity index (χ1n) is 20.9. The molecule has 1 aliphatic rings. The van der Waals surface area contributed by atoms with Gasteiger partial charge in [0, 0.05) is 31.6 Å². The van der Waals surface area contributed by atoms with Crippen molar-refractivity contribution in [3.8, 4) is 22.5 Å². The molecule has 0 bridgehead atoms. The second-order valence-electron chi connectivity index (χ2n) is 15.8. The van der Waals surface area contributed by atoms with Crippen LogP contribution in [0.15, 0.2) is 149 Å². The van der Waals surface area contributed by atoms with E-state index in [1.807, 2.05) is 85.5 Å². The summed E-state index contributed by atoms with van der Waals surface area (Å²) in [4.78, 5) is 39.4. The van der Waals surface area contributed by atoms with Gasteiger partial charge in [-0.3, -0.25) is 9.36 Å². The Morgan fingerprint density at radius 3 is 1.95 bits per heavy atom. The molecule has 1 atom stereocenters. The Bertz CT molecular complexity index is 2580. The lowest BCUT2D eigenvalue weighted by molar-refractivity contribution is -0.145. The number of aryl methyl sites for hydroxylation is 1. The summed E-state index contributed by atoms with van der Waals surface area (Å²) < 4.78 is 8.66. The summed E-state index contributed by atoms with van der Waals surface area (Å²) in [5.41, 5.74) is 6.88. The van der Waals surface area contributed by atoms with Gasteiger partial charge in [-0.25, -0.2) is 19.5 Å². The molecule has 7 aromatic rings. The molecule has 5 aromatic carbocycles.